The summed E-state index contributed by atoms with van der Waals surface area (Å²) in [4.78, 5) is 35.1. The van der Waals surface area contributed by atoms with E-state index < -0.39 is 24.4 Å². The molecule has 0 atom stereocenters. The summed E-state index contributed by atoms with van der Waals surface area (Å²) >= 11 is 9.19. The fraction of sp³-hybridized carbons (Fsp3) is 0.167. The highest BCUT2D eigenvalue weighted by Crippen LogP contribution is 2.23. The zero-order chi connectivity index (χ0) is 19.6. The minimum atomic E-state index is -0.734. The van der Waals surface area contributed by atoms with Crippen molar-refractivity contribution in [3.63, 3.8) is 0 Å². The molecule has 7 nitrogen and oxygen atoms in total. The predicted molar refractivity (Wildman–Crippen MR) is 104 cm³/mol. The number of rotatable bonds is 8. The second-order valence-electron chi connectivity index (χ2n) is 5.18. The summed E-state index contributed by atoms with van der Waals surface area (Å²) in [6, 6.07) is 13.7. The summed E-state index contributed by atoms with van der Waals surface area (Å²) in [5.41, 5.74) is 0.583. The Morgan fingerprint density at radius 3 is 2.41 bits per heavy atom. The molecule has 0 saturated heterocycles. The van der Waals surface area contributed by atoms with Gasteiger partial charge >= 0.3 is 5.97 Å². The molecule has 142 valence electrons. The molecule has 0 aliphatic carbocycles. The van der Waals surface area contributed by atoms with E-state index in [1.165, 1.54) is 0 Å². The molecule has 0 aliphatic heterocycles. The zero-order valence-corrected chi connectivity index (χ0v) is 16.4. The number of ether oxygens (including phenoxy) is 2. The van der Waals surface area contributed by atoms with Crippen LogP contribution >= 0.6 is 27.5 Å². The van der Waals surface area contributed by atoms with Gasteiger partial charge in [-0.2, -0.15) is 0 Å². The van der Waals surface area contributed by atoms with Gasteiger partial charge < -0.3 is 20.1 Å². The molecule has 2 amide bonds. The molecule has 2 N–H and O–H groups in total. The van der Waals surface area contributed by atoms with Gasteiger partial charge in [-0.25, -0.2) is 4.79 Å². The van der Waals surface area contributed by atoms with E-state index >= 15 is 0 Å². The van der Waals surface area contributed by atoms with E-state index in [9.17, 15) is 14.4 Å². The number of carbonyl (C=O) groups is 3. The highest BCUT2D eigenvalue weighted by Gasteiger charge is 2.11. The highest BCUT2D eigenvalue weighted by molar-refractivity contribution is 9.10. The van der Waals surface area contributed by atoms with Crippen LogP contribution in [-0.2, 0) is 19.1 Å². The number of benzene rings is 2. The lowest BCUT2D eigenvalue weighted by Crippen LogP contribution is -2.36. The zero-order valence-electron chi connectivity index (χ0n) is 14.0. The number of anilines is 1. The predicted octanol–water partition coefficient (Wildman–Crippen LogP) is 2.78. The van der Waals surface area contributed by atoms with Gasteiger partial charge in [0.1, 0.15) is 5.75 Å². The quantitative estimate of drug-likeness (QED) is 0.597. The third-order valence-corrected chi connectivity index (χ3v) is 4.14. The second kappa shape index (κ2) is 10.5. The van der Waals surface area contributed by atoms with Gasteiger partial charge in [0.2, 0.25) is 5.91 Å². The largest absolute Gasteiger partial charge is 0.480 e. The van der Waals surface area contributed by atoms with E-state index in [4.69, 9.17) is 21.1 Å². The number of amides is 2. The third kappa shape index (κ3) is 7.28. The number of hydrogen-bond donors (Lipinski definition) is 2. The Morgan fingerprint density at radius 1 is 0.963 bits per heavy atom. The number of esters is 1. The van der Waals surface area contributed by atoms with Crippen LogP contribution in [0.1, 0.15) is 0 Å². The second-order valence-corrected chi connectivity index (χ2v) is 6.45. The monoisotopic (exact) mass is 454 g/mol. The third-order valence-electron chi connectivity index (χ3n) is 3.14. The molecule has 0 heterocycles. The van der Waals surface area contributed by atoms with E-state index in [1.54, 1.807) is 42.5 Å². The molecule has 0 bridgehead atoms. The molecule has 2 aromatic carbocycles. The van der Waals surface area contributed by atoms with Crippen LogP contribution in [0.4, 0.5) is 5.69 Å². The summed E-state index contributed by atoms with van der Waals surface area (Å²) in [5.74, 6) is -1.42. The van der Waals surface area contributed by atoms with Crippen molar-refractivity contribution in [2.75, 3.05) is 25.1 Å². The van der Waals surface area contributed by atoms with E-state index in [2.05, 4.69) is 26.6 Å². The summed E-state index contributed by atoms with van der Waals surface area (Å²) in [7, 11) is 0. The lowest BCUT2D eigenvalue weighted by molar-refractivity contribution is -0.150. The van der Waals surface area contributed by atoms with Crippen LogP contribution in [0.3, 0.4) is 0 Å². The summed E-state index contributed by atoms with van der Waals surface area (Å²) < 4.78 is 10.7. The SMILES string of the molecule is O=C(COC(=O)COc1ccccc1Cl)NCC(=O)Nc1ccccc1Br. The van der Waals surface area contributed by atoms with Crippen LogP contribution in [0, 0.1) is 0 Å². The molecule has 0 unspecified atom stereocenters. The Balaban J connectivity index is 1.65. The van der Waals surface area contributed by atoms with Crippen molar-refractivity contribution >= 4 is 51.0 Å². The lowest BCUT2D eigenvalue weighted by atomic mass is 10.3. The van der Waals surface area contributed by atoms with Gasteiger partial charge in [0.15, 0.2) is 13.2 Å². The van der Waals surface area contributed by atoms with E-state index in [0.717, 1.165) is 4.47 Å². The first-order valence-corrected chi connectivity index (χ1v) is 8.97. The Morgan fingerprint density at radius 2 is 1.67 bits per heavy atom. The Bertz CT molecular complexity index is 831. The fourth-order valence-electron chi connectivity index (χ4n) is 1.87. The Labute approximate surface area is 169 Å². The van der Waals surface area contributed by atoms with Crippen LogP contribution < -0.4 is 15.4 Å². The number of nitrogens with one attached hydrogen (secondary N) is 2. The molecular formula is C18H16BrClN2O5. The first kappa shape index (κ1) is 20.7. The Kier molecular flexibility index (Phi) is 8.09. The number of hydrogen-bond acceptors (Lipinski definition) is 5. The van der Waals surface area contributed by atoms with Crippen LogP contribution in [-0.4, -0.2) is 37.5 Å². The first-order valence-electron chi connectivity index (χ1n) is 7.79. The minimum Gasteiger partial charge on any atom is -0.480 e. The van der Waals surface area contributed by atoms with E-state index in [1.807, 2.05) is 6.07 Å². The van der Waals surface area contributed by atoms with Crippen LogP contribution in [0.2, 0.25) is 5.02 Å². The molecule has 0 spiro atoms. The van der Waals surface area contributed by atoms with Crippen molar-refractivity contribution in [1.29, 1.82) is 0 Å². The van der Waals surface area contributed by atoms with E-state index in [-0.39, 0.29) is 13.2 Å². The Hall–Kier alpha value is -2.58. The van der Waals surface area contributed by atoms with Gasteiger partial charge in [-0.3, -0.25) is 9.59 Å². The maximum atomic E-state index is 11.8. The molecular weight excluding hydrogens is 440 g/mol. The number of halogens is 2. The fourth-order valence-corrected chi connectivity index (χ4v) is 2.45. The number of para-hydroxylation sites is 2. The number of carbonyl (C=O) groups excluding carboxylic acids is 3. The average Bonchev–Trinajstić information content (AvgIpc) is 2.66. The molecule has 0 aliphatic rings. The standard InChI is InChI=1S/C18H16BrClN2O5/c19-12-5-1-3-7-14(12)22-16(23)9-21-17(24)10-27-18(25)11-26-15-8-4-2-6-13(15)20/h1-8H,9-11H2,(H,21,24)(H,22,23). The molecule has 0 radical (unpaired) electrons. The molecule has 0 saturated carbocycles. The molecule has 0 aromatic heterocycles. The van der Waals surface area contributed by atoms with Gasteiger partial charge in [-0.1, -0.05) is 35.9 Å². The van der Waals surface area contributed by atoms with E-state index in [0.29, 0.717) is 16.5 Å². The van der Waals surface area contributed by atoms with Crippen LogP contribution in [0.25, 0.3) is 0 Å². The van der Waals surface area contributed by atoms with Gasteiger partial charge in [0, 0.05) is 4.47 Å². The van der Waals surface area contributed by atoms with Crippen molar-refractivity contribution in [3.05, 3.63) is 58.0 Å². The molecule has 9 heteroatoms. The smallest absolute Gasteiger partial charge is 0.344 e. The highest BCUT2D eigenvalue weighted by atomic mass is 79.9. The first-order chi connectivity index (χ1) is 13.0. The van der Waals surface area contributed by atoms with Crippen molar-refractivity contribution in [3.8, 4) is 5.75 Å². The molecule has 2 aromatic rings. The lowest BCUT2D eigenvalue weighted by Gasteiger charge is -2.09. The summed E-state index contributed by atoms with van der Waals surface area (Å²) in [5, 5.41) is 5.35. The van der Waals surface area contributed by atoms with Gasteiger partial charge in [-0.05, 0) is 40.2 Å². The molecule has 0 fully saturated rings. The minimum absolute atomic E-state index is 0.256. The van der Waals surface area contributed by atoms with Gasteiger partial charge in [0.25, 0.3) is 5.91 Å². The average molecular weight is 456 g/mol. The maximum absolute atomic E-state index is 11.8. The summed E-state index contributed by atoms with van der Waals surface area (Å²) in [6.45, 7) is -1.17. The van der Waals surface area contributed by atoms with Gasteiger partial charge in [0.05, 0.1) is 17.3 Å². The van der Waals surface area contributed by atoms with Crippen LogP contribution in [0.15, 0.2) is 53.0 Å². The van der Waals surface area contributed by atoms with Crippen molar-refractivity contribution < 1.29 is 23.9 Å². The van der Waals surface area contributed by atoms with Crippen LogP contribution in [0.5, 0.6) is 5.75 Å². The van der Waals surface area contributed by atoms with Crippen molar-refractivity contribution in [1.82, 2.24) is 5.32 Å². The maximum Gasteiger partial charge on any atom is 0.344 e. The summed E-state index contributed by atoms with van der Waals surface area (Å²) in [6.07, 6.45) is 0. The van der Waals surface area contributed by atoms with Crippen molar-refractivity contribution in [2.24, 2.45) is 0 Å². The van der Waals surface area contributed by atoms with Crippen molar-refractivity contribution in [2.45, 2.75) is 0 Å². The normalized spacial score (nSPS) is 10.0. The molecule has 27 heavy (non-hydrogen) atoms. The van der Waals surface area contributed by atoms with Gasteiger partial charge in [-0.15, -0.1) is 0 Å². The topological polar surface area (TPSA) is 93.7 Å². The molecule has 2 rings (SSSR count).